The Balaban J connectivity index is 1.53. The zero-order valence-corrected chi connectivity index (χ0v) is 16.0. The summed E-state index contributed by atoms with van der Waals surface area (Å²) < 4.78 is 15.4. The van der Waals surface area contributed by atoms with Gasteiger partial charge in [-0.1, -0.05) is 12.8 Å². The number of hydrogen-bond acceptors (Lipinski definition) is 6. The second-order valence-electron chi connectivity index (χ2n) is 7.36. The lowest BCUT2D eigenvalue weighted by atomic mass is 9.97. The van der Waals surface area contributed by atoms with Gasteiger partial charge in [0.25, 0.3) is 5.91 Å². The van der Waals surface area contributed by atoms with Crippen LogP contribution in [0.1, 0.15) is 38.4 Å². The number of imide groups is 1. The lowest BCUT2D eigenvalue weighted by Gasteiger charge is -2.23. The highest BCUT2D eigenvalue weighted by Gasteiger charge is 2.54. The molecule has 152 valence electrons. The van der Waals surface area contributed by atoms with E-state index in [1.165, 1.54) is 29.8 Å². The van der Waals surface area contributed by atoms with E-state index in [1.54, 1.807) is 6.92 Å². The van der Waals surface area contributed by atoms with E-state index >= 15 is 0 Å². The monoisotopic (exact) mass is 401 g/mol. The molecule has 1 aromatic heterocycles. The van der Waals surface area contributed by atoms with Crippen LogP contribution in [0.3, 0.4) is 0 Å². The molecule has 2 fully saturated rings. The molecule has 1 saturated carbocycles. The summed E-state index contributed by atoms with van der Waals surface area (Å²) in [6.45, 7) is 3.10. The topological polar surface area (TPSA) is 122 Å². The van der Waals surface area contributed by atoms with Crippen LogP contribution in [0.25, 0.3) is 5.69 Å². The van der Waals surface area contributed by atoms with E-state index < -0.39 is 29.3 Å². The van der Waals surface area contributed by atoms with Crippen LogP contribution in [-0.2, 0) is 9.59 Å². The van der Waals surface area contributed by atoms with Crippen molar-refractivity contribution in [2.75, 3.05) is 5.32 Å². The van der Waals surface area contributed by atoms with Gasteiger partial charge in [-0.25, -0.2) is 14.1 Å². The lowest BCUT2D eigenvalue weighted by Crippen LogP contribution is -2.48. The minimum atomic E-state index is -1.02. The molecule has 1 saturated heterocycles. The van der Waals surface area contributed by atoms with E-state index in [2.05, 4.69) is 26.2 Å². The Kier molecular flexibility index (Phi) is 4.52. The number of anilines is 1. The number of nitrogens with one attached hydrogen (secondary N) is 2. The highest BCUT2D eigenvalue weighted by molar-refractivity contribution is 6.11. The van der Waals surface area contributed by atoms with Crippen molar-refractivity contribution in [3.8, 4) is 5.69 Å². The molecule has 29 heavy (non-hydrogen) atoms. The first-order valence-electron chi connectivity index (χ1n) is 9.34. The van der Waals surface area contributed by atoms with Crippen LogP contribution in [0.15, 0.2) is 18.2 Å². The normalized spacial score (nSPS) is 18.9. The fourth-order valence-electron chi connectivity index (χ4n) is 3.88. The van der Waals surface area contributed by atoms with Gasteiger partial charge in [0.15, 0.2) is 5.82 Å². The van der Waals surface area contributed by atoms with Crippen LogP contribution in [0, 0.1) is 12.7 Å². The van der Waals surface area contributed by atoms with Crippen LogP contribution in [0.4, 0.5) is 14.9 Å². The third kappa shape index (κ3) is 3.12. The molecule has 0 radical (unpaired) electrons. The van der Waals surface area contributed by atoms with E-state index in [1.807, 2.05) is 0 Å². The number of halogens is 1. The highest BCUT2D eigenvalue weighted by Crippen LogP contribution is 2.35. The van der Waals surface area contributed by atoms with Crippen molar-refractivity contribution in [2.45, 2.75) is 51.1 Å². The number of carbonyl (C=O) groups excluding carboxylic acids is 3. The van der Waals surface area contributed by atoms with Crippen molar-refractivity contribution in [1.82, 2.24) is 30.4 Å². The quantitative estimate of drug-likeness (QED) is 0.745. The Bertz CT molecular complexity index is 999. The minimum absolute atomic E-state index is 0.0675. The van der Waals surface area contributed by atoms with Gasteiger partial charge < -0.3 is 10.6 Å². The summed E-state index contributed by atoms with van der Waals surface area (Å²) in [5.74, 6) is -1.12. The van der Waals surface area contributed by atoms with Crippen LogP contribution in [-0.4, -0.2) is 54.5 Å². The second-order valence-corrected chi connectivity index (χ2v) is 7.36. The number of rotatable bonds is 4. The molecule has 10 nitrogen and oxygen atoms in total. The van der Waals surface area contributed by atoms with Gasteiger partial charge in [-0.15, -0.1) is 5.10 Å². The first kappa shape index (κ1) is 19.0. The molecule has 1 unspecified atom stereocenters. The molecule has 2 N–H and O–H groups in total. The molecule has 1 aromatic carbocycles. The van der Waals surface area contributed by atoms with Crippen LogP contribution < -0.4 is 10.6 Å². The van der Waals surface area contributed by atoms with Crippen molar-refractivity contribution in [3.05, 3.63) is 29.8 Å². The van der Waals surface area contributed by atoms with Crippen molar-refractivity contribution in [2.24, 2.45) is 0 Å². The lowest BCUT2D eigenvalue weighted by molar-refractivity contribution is -0.136. The minimum Gasteiger partial charge on any atom is -0.324 e. The van der Waals surface area contributed by atoms with Crippen LogP contribution in [0.5, 0.6) is 0 Å². The molecule has 2 heterocycles. The predicted octanol–water partition coefficient (Wildman–Crippen LogP) is 1.30. The maximum Gasteiger partial charge on any atom is 0.325 e. The number of hydrogen-bond donors (Lipinski definition) is 2. The number of aryl methyl sites for hydroxylation is 1. The molecule has 4 amide bonds. The fourth-order valence-corrected chi connectivity index (χ4v) is 3.88. The van der Waals surface area contributed by atoms with Gasteiger partial charge in [-0.2, -0.15) is 4.68 Å². The molecular weight excluding hydrogens is 381 g/mol. The molecular formula is C18H20FN7O3. The van der Waals surface area contributed by atoms with E-state index in [-0.39, 0.29) is 17.3 Å². The van der Waals surface area contributed by atoms with E-state index in [0.717, 1.165) is 17.7 Å². The molecule has 0 bridgehead atoms. The maximum atomic E-state index is 14.2. The summed E-state index contributed by atoms with van der Waals surface area (Å²) in [4.78, 5) is 38.9. The van der Waals surface area contributed by atoms with Crippen molar-refractivity contribution < 1.29 is 18.8 Å². The van der Waals surface area contributed by atoms with Gasteiger partial charge in [-0.3, -0.25) is 9.59 Å². The Morgan fingerprint density at radius 1 is 1.31 bits per heavy atom. The SMILES string of the molecule is Cc1nnnn1-c1cc(NC(=O)C(C)N2C(=O)NC3(CCCC3)C2=O)ccc1F. The largest absolute Gasteiger partial charge is 0.325 e. The third-order valence-electron chi connectivity index (χ3n) is 5.48. The first-order valence-corrected chi connectivity index (χ1v) is 9.34. The number of nitrogens with zero attached hydrogens (tertiary/aromatic N) is 5. The number of carbonyl (C=O) groups is 3. The standard InChI is InChI=1S/C18H20FN7O3/c1-10(25-16(28)18(21-17(25)29)7-3-4-8-18)15(27)20-12-5-6-13(19)14(9-12)26-11(2)22-23-24-26/h5-6,9-10H,3-4,7-8H2,1-2H3,(H,20,27)(H,21,29). The third-order valence-corrected chi connectivity index (χ3v) is 5.48. The maximum absolute atomic E-state index is 14.2. The summed E-state index contributed by atoms with van der Waals surface area (Å²) in [6, 6.07) is 2.36. The average Bonchev–Trinajstić information content (AvgIpc) is 3.38. The molecule has 11 heteroatoms. The molecule has 1 aliphatic heterocycles. The summed E-state index contributed by atoms with van der Waals surface area (Å²) in [5.41, 5.74) is -0.527. The molecule has 4 rings (SSSR count). The Labute approximate surface area is 165 Å². The molecule has 1 spiro atoms. The number of amides is 4. The summed E-state index contributed by atoms with van der Waals surface area (Å²) in [5, 5.41) is 16.3. The van der Waals surface area contributed by atoms with E-state index in [9.17, 15) is 18.8 Å². The highest BCUT2D eigenvalue weighted by atomic mass is 19.1. The van der Waals surface area contributed by atoms with Gasteiger partial charge in [0.05, 0.1) is 0 Å². The predicted molar refractivity (Wildman–Crippen MR) is 98.5 cm³/mol. The van der Waals surface area contributed by atoms with Gasteiger partial charge in [-0.05, 0) is 55.3 Å². The van der Waals surface area contributed by atoms with E-state index in [4.69, 9.17) is 0 Å². The van der Waals surface area contributed by atoms with Crippen LogP contribution in [0.2, 0.25) is 0 Å². The molecule has 2 aliphatic rings. The fraction of sp³-hybridized carbons (Fsp3) is 0.444. The second kappa shape index (κ2) is 6.90. The van der Waals surface area contributed by atoms with Gasteiger partial charge in [0.1, 0.15) is 23.1 Å². The first-order chi connectivity index (χ1) is 13.8. The summed E-state index contributed by atoms with van der Waals surface area (Å²) in [7, 11) is 0. The molecule has 1 aliphatic carbocycles. The zero-order chi connectivity index (χ0) is 20.8. The van der Waals surface area contributed by atoms with Crippen molar-refractivity contribution in [1.29, 1.82) is 0 Å². The Morgan fingerprint density at radius 3 is 2.69 bits per heavy atom. The smallest absolute Gasteiger partial charge is 0.324 e. The number of tetrazole rings is 1. The van der Waals surface area contributed by atoms with Crippen molar-refractivity contribution in [3.63, 3.8) is 0 Å². The number of urea groups is 1. The zero-order valence-electron chi connectivity index (χ0n) is 16.0. The molecule has 1 atom stereocenters. The Hall–Kier alpha value is -3.37. The van der Waals surface area contributed by atoms with Crippen LogP contribution >= 0.6 is 0 Å². The summed E-state index contributed by atoms with van der Waals surface area (Å²) in [6.07, 6.45) is 2.87. The summed E-state index contributed by atoms with van der Waals surface area (Å²) >= 11 is 0. The average molecular weight is 401 g/mol. The van der Waals surface area contributed by atoms with Gasteiger partial charge in [0.2, 0.25) is 5.91 Å². The van der Waals surface area contributed by atoms with Gasteiger partial charge in [0, 0.05) is 5.69 Å². The Morgan fingerprint density at radius 2 is 2.03 bits per heavy atom. The molecule has 2 aromatic rings. The number of aromatic nitrogens is 4. The van der Waals surface area contributed by atoms with Crippen molar-refractivity contribution >= 4 is 23.5 Å². The van der Waals surface area contributed by atoms with E-state index in [0.29, 0.717) is 18.7 Å². The number of benzene rings is 1. The van der Waals surface area contributed by atoms with Gasteiger partial charge >= 0.3 is 6.03 Å².